The number of carbonyl (C=O) groups excluding carboxylic acids is 1. The number of rotatable bonds is 12. The largest absolute Gasteiger partial charge is 0.461 e. The average molecular weight is 462 g/mol. The Balaban J connectivity index is 1.16. The number of nitrogens with one attached hydrogen (secondary N) is 2. The molecule has 1 aromatic rings. The maximum atomic E-state index is 11.8. The van der Waals surface area contributed by atoms with Gasteiger partial charge in [-0.2, -0.15) is 0 Å². The highest BCUT2D eigenvalue weighted by atomic mass is 35.5. The van der Waals surface area contributed by atoms with Crippen LogP contribution in [0.2, 0.25) is 0 Å². The molecule has 0 radical (unpaired) electrons. The molecule has 0 aliphatic carbocycles. The van der Waals surface area contributed by atoms with Crippen molar-refractivity contribution in [1.82, 2.24) is 20.7 Å². The van der Waals surface area contributed by atoms with E-state index in [4.69, 9.17) is 22.1 Å². The molecule has 0 spiro atoms. The summed E-state index contributed by atoms with van der Waals surface area (Å²) in [5.41, 5.74) is 13.7. The highest BCUT2D eigenvalue weighted by molar-refractivity contribution is 6.29. The molecule has 0 bridgehead atoms. The number of hydrogen-bond donors (Lipinski definition) is 3. The van der Waals surface area contributed by atoms with Gasteiger partial charge in [0.05, 0.1) is 5.70 Å². The van der Waals surface area contributed by atoms with Gasteiger partial charge < -0.3 is 15.4 Å². The lowest BCUT2D eigenvalue weighted by molar-refractivity contribution is -0.145. The van der Waals surface area contributed by atoms with Gasteiger partial charge in [-0.05, 0) is 24.9 Å². The minimum atomic E-state index is -0.0939. The summed E-state index contributed by atoms with van der Waals surface area (Å²) in [6, 6.07) is 9.82. The molecule has 2 aliphatic heterocycles. The van der Waals surface area contributed by atoms with Gasteiger partial charge in [0.2, 0.25) is 0 Å². The standard InChI is InChI=1S/C24H36ClN5O2/c25-22-18-21(24(26)28-27-22)30-16-14-29(15-17-30)13-9-4-2-1-3-8-12-23(31)32-19-20-10-6-5-7-11-20/h5-7,10-11,18,27-28H,1-4,8-9,12-17,19,26H2. The minimum Gasteiger partial charge on any atom is -0.461 e. The molecule has 0 unspecified atom stereocenters. The van der Waals surface area contributed by atoms with Crippen LogP contribution in [-0.2, 0) is 16.1 Å². The third-order valence-corrected chi connectivity index (χ3v) is 6.12. The van der Waals surface area contributed by atoms with E-state index in [-0.39, 0.29) is 5.97 Å². The van der Waals surface area contributed by atoms with E-state index >= 15 is 0 Å². The second kappa shape index (κ2) is 13.2. The van der Waals surface area contributed by atoms with E-state index in [0.29, 0.717) is 24.0 Å². The van der Waals surface area contributed by atoms with Crippen molar-refractivity contribution in [2.75, 3.05) is 32.7 Å². The molecule has 4 N–H and O–H groups in total. The fourth-order valence-corrected chi connectivity index (χ4v) is 4.17. The maximum absolute atomic E-state index is 11.8. The molecule has 3 rings (SSSR count). The highest BCUT2D eigenvalue weighted by Gasteiger charge is 2.21. The van der Waals surface area contributed by atoms with Crippen molar-refractivity contribution in [1.29, 1.82) is 0 Å². The molecule has 1 fully saturated rings. The number of carbonyl (C=O) groups is 1. The Hall–Kier alpha value is -2.38. The predicted molar refractivity (Wildman–Crippen MR) is 128 cm³/mol. The van der Waals surface area contributed by atoms with Gasteiger partial charge in [-0.1, -0.05) is 67.6 Å². The number of nitrogens with zero attached hydrogens (tertiary/aromatic N) is 2. The summed E-state index contributed by atoms with van der Waals surface area (Å²) in [6.45, 7) is 5.51. The van der Waals surface area contributed by atoms with E-state index < -0.39 is 0 Å². The molecule has 8 heteroatoms. The number of piperazine rings is 1. The first kappa shape index (κ1) is 24.3. The van der Waals surface area contributed by atoms with Crippen molar-refractivity contribution < 1.29 is 9.53 Å². The predicted octanol–water partition coefficient (Wildman–Crippen LogP) is 3.39. The molecule has 2 heterocycles. The number of halogens is 1. The molecule has 0 aromatic heterocycles. The van der Waals surface area contributed by atoms with Crippen LogP contribution < -0.4 is 16.6 Å². The highest BCUT2D eigenvalue weighted by Crippen LogP contribution is 2.17. The van der Waals surface area contributed by atoms with Gasteiger partial charge in [-0.25, -0.2) is 0 Å². The minimum absolute atomic E-state index is 0.0939. The SMILES string of the molecule is NC1=C(N2CCN(CCCCCCCCC(=O)OCc3ccccc3)CC2)C=C(Cl)NN1. The van der Waals surface area contributed by atoms with E-state index in [1.807, 2.05) is 36.4 Å². The molecule has 1 saturated heterocycles. The number of hydrogen-bond acceptors (Lipinski definition) is 7. The smallest absolute Gasteiger partial charge is 0.306 e. The van der Waals surface area contributed by atoms with Gasteiger partial charge in [-0.15, -0.1) is 0 Å². The van der Waals surface area contributed by atoms with E-state index in [1.54, 1.807) is 0 Å². The number of benzene rings is 1. The van der Waals surface area contributed by atoms with Crippen molar-refractivity contribution in [2.24, 2.45) is 5.73 Å². The van der Waals surface area contributed by atoms with Crippen LogP contribution in [0.5, 0.6) is 0 Å². The van der Waals surface area contributed by atoms with Crippen molar-refractivity contribution in [2.45, 2.75) is 51.6 Å². The third-order valence-electron chi connectivity index (χ3n) is 5.92. The molecule has 1 aromatic carbocycles. The molecule has 0 saturated carbocycles. The maximum Gasteiger partial charge on any atom is 0.306 e. The van der Waals surface area contributed by atoms with E-state index in [9.17, 15) is 4.79 Å². The van der Waals surface area contributed by atoms with Crippen molar-refractivity contribution >= 4 is 17.6 Å². The van der Waals surface area contributed by atoms with Gasteiger partial charge in [0.1, 0.15) is 17.6 Å². The lowest BCUT2D eigenvalue weighted by Crippen LogP contribution is -2.48. The number of unbranched alkanes of at least 4 members (excludes halogenated alkanes) is 5. The number of nitrogens with two attached hydrogens (primary N) is 1. The third kappa shape index (κ3) is 8.28. The number of ether oxygens (including phenoxy) is 1. The van der Waals surface area contributed by atoms with Gasteiger partial charge >= 0.3 is 5.97 Å². The molecule has 32 heavy (non-hydrogen) atoms. The van der Waals surface area contributed by atoms with Crippen LogP contribution in [0.25, 0.3) is 0 Å². The summed E-state index contributed by atoms with van der Waals surface area (Å²) < 4.78 is 5.32. The summed E-state index contributed by atoms with van der Waals surface area (Å²) in [7, 11) is 0. The summed E-state index contributed by atoms with van der Waals surface area (Å²) in [4.78, 5) is 16.6. The van der Waals surface area contributed by atoms with Crippen LogP contribution in [-0.4, -0.2) is 48.5 Å². The first-order chi connectivity index (χ1) is 15.6. The number of allylic oxidation sites excluding steroid dienone is 1. The molecule has 176 valence electrons. The topological polar surface area (TPSA) is 82.9 Å². The molecule has 2 aliphatic rings. The van der Waals surface area contributed by atoms with Gasteiger partial charge in [0.15, 0.2) is 0 Å². The Bertz CT molecular complexity index is 776. The van der Waals surface area contributed by atoms with E-state index in [2.05, 4.69) is 20.7 Å². The average Bonchev–Trinajstić information content (AvgIpc) is 2.82. The fourth-order valence-electron chi connectivity index (χ4n) is 4.02. The normalized spacial score (nSPS) is 16.9. The Labute approximate surface area is 196 Å². The zero-order valence-corrected chi connectivity index (χ0v) is 19.6. The van der Waals surface area contributed by atoms with Gasteiger partial charge in [0.25, 0.3) is 0 Å². The number of esters is 1. The van der Waals surface area contributed by atoms with Crippen molar-refractivity contribution in [3.63, 3.8) is 0 Å². The van der Waals surface area contributed by atoms with Gasteiger partial charge in [0, 0.05) is 38.7 Å². The Morgan fingerprint density at radius 1 is 0.969 bits per heavy atom. The Morgan fingerprint density at radius 3 is 2.41 bits per heavy atom. The van der Waals surface area contributed by atoms with E-state index in [1.165, 1.54) is 25.7 Å². The lowest BCUT2D eigenvalue weighted by atomic mass is 10.1. The van der Waals surface area contributed by atoms with Crippen LogP contribution in [0.3, 0.4) is 0 Å². The molecule has 7 nitrogen and oxygen atoms in total. The van der Waals surface area contributed by atoms with Crippen molar-refractivity contribution in [3.05, 3.63) is 58.6 Å². The molecule has 0 amide bonds. The Kier molecular flexibility index (Phi) is 10.0. The molecule has 0 atom stereocenters. The Morgan fingerprint density at radius 2 is 1.66 bits per heavy atom. The summed E-state index contributed by atoms with van der Waals surface area (Å²) in [6.07, 6.45) is 9.28. The molecular formula is C24H36ClN5O2. The van der Waals surface area contributed by atoms with Crippen molar-refractivity contribution in [3.8, 4) is 0 Å². The molecular weight excluding hydrogens is 426 g/mol. The fraction of sp³-hybridized carbons (Fsp3) is 0.542. The van der Waals surface area contributed by atoms with Gasteiger partial charge in [-0.3, -0.25) is 20.5 Å². The zero-order valence-electron chi connectivity index (χ0n) is 18.8. The van der Waals surface area contributed by atoms with Crippen LogP contribution in [0, 0.1) is 0 Å². The second-order valence-corrected chi connectivity index (χ2v) is 8.79. The number of hydrazine groups is 1. The second-order valence-electron chi connectivity index (χ2n) is 8.39. The monoisotopic (exact) mass is 461 g/mol. The zero-order chi connectivity index (χ0) is 22.6. The summed E-state index contributed by atoms with van der Waals surface area (Å²) >= 11 is 6.04. The summed E-state index contributed by atoms with van der Waals surface area (Å²) in [5, 5.41) is 0.556. The van der Waals surface area contributed by atoms with Crippen LogP contribution in [0.4, 0.5) is 0 Å². The first-order valence-corrected chi connectivity index (χ1v) is 12.1. The lowest BCUT2D eigenvalue weighted by Gasteiger charge is -2.38. The summed E-state index contributed by atoms with van der Waals surface area (Å²) in [5.74, 6) is 0.524. The van der Waals surface area contributed by atoms with Crippen LogP contribution in [0.1, 0.15) is 50.5 Å². The first-order valence-electron chi connectivity index (χ1n) is 11.7. The van der Waals surface area contributed by atoms with E-state index in [0.717, 1.165) is 56.8 Å². The quantitative estimate of drug-likeness (QED) is 0.250. The van der Waals surface area contributed by atoms with Crippen LogP contribution >= 0.6 is 11.6 Å². The van der Waals surface area contributed by atoms with Crippen LogP contribution in [0.15, 0.2) is 53.1 Å².